The molecular weight excluding hydrogens is 312 g/mol. The lowest BCUT2D eigenvalue weighted by molar-refractivity contribution is -0.134. The van der Waals surface area contributed by atoms with E-state index in [0.717, 1.165) is 56.7 Å². The Morgan fingerprint density at radius 2 is 2.00 bits per heavy atom. The Morgan fingerprint density at radius 3 is 2.68 bits per heavy atom. The van der Waals surface area contributed by atoms with Gasteiger partial charge in [-0.05, 0) is 54.7 Å². The largest absolute Gasteiger partial charge is 0.497 e. The van der Waals surface area contributed by atoms with E-state index in [-0.39, 0.29) is 0 Å². The monoisotopic (exact) mass is 342 g/mol. The first-order valence-corrected chi connectivity index (χ1v) is 9.84. The third kappa shape index (κ3) is 3.84. The molecule has 1 heterocycles. The summed E-state index contributed by atoms with van der Waals surface area (Å²) in [6.45, 7) is 4.64. The van der Waals surface area contributed by atoms with Crippen LogP contribution in [0.5, 0.6) is 5.75 Å². The van der Waals surface area contributed by atoms with Crippen LogP contribution in [-0.4, -0.2) is 49.0 Å². The average molecular weight is 342 g/mol. The van der Waals surface area contributed by atoms with Gasteiger partial charge < -0.3 is 9.64 Å². The molecule has 4 nitrogen and oxygen atoms in total. The Labute approximate surface area is 151 Å². The van der Waals surface area contributed by atoms with E-state index in [1.165, 1.54) is 31.2 Å². The van der Waals surface area contributed by atoms with Crippen molar-refractivity contribution in [1.82, 2.24) is 9.80 Å². The maximum absolute atomic E-state index is 12.7. The molecule has 0 spiro atoms. The molecule has 4 rings (SSSR count). The van der Waals surface area contributed by atoms with Crippen LogP contribution in [0.15, 0.2) is 24.3 Å². The topological polar surface area (TPSA) is 32.8 Å². The van der Waals surface area contributed by atoms with E-state index >= 15 is 0 Å². The average Bonchev–Trinajstić information content (AvgIpc) is 3.25. The lowest BCUT2D eigenvalue weighted by Gasteiger charge is -2.35. The summed E-state index contributed by atoms with van der Waals surface area (Å²) in [5, 5.41) is 0. The fourth-order valence-corrected chi connectivity index (χ4v) is 5.16. The molecule has 0 radical (unpaired) electrons. The zero-order valence-electron chi connectivity index (χ0n) is 15.3. The molecule has 1 amide bonds. The van der Waals surface area contributed by atoms with Crippen molar-refractivity contribution in [1.29, 1.82) is 0 Å². The predicted octanol–water partition coefficient (Wildman–Crippen LogP) is 3.17. The van der Waals surface area contributed by atoms with Crippen molar-refractivity contribution < 1.29 is 9.53 Å². The van der Waals surface area contributed by atoms with Gasteiger partial charge in [-0.1, -0.05) is 18.6 Å². The van der Waals surface area contributed by atoms with E-state index in [9.17, 15) is 4.79 Å². The highest BCUT2D eigenvalue weighted by atomic mass is 16.5. The van der Waals surface area contributed by atoms with E-state index in [0.29, 0.717) is 11.8 Å². The van der Waals surface area contributed by atoms with Gasteiger partial charge in [-0.15, -0.1) is 0 Å². The third-order valence-corrected chi connectivity index (χ3v) is 6.59. The molecule has 4 heteroatoms. The first-order chi connectivity index (χ1) is 12.2. The second-order valence-corrected chi connectivity index (χ2v) is 8.15. The Balaban J connectivity index is 1.24. The van der Waals surface area contributed by atoms with Crippen LogP contribution in [0.4, 0.5) is 0 Å². The number of carbonyl (C=O) groups is 1. The van der Waals surface area contributed by atoms with Crippen LogP contribution >= 0.6 is 0 Å². The molecule has 0 N–H and O–H groups in total. The number of ether oxygens (including phenoxy) is 1. The Bertz CT molecular complexity index is 610. The van der Waals surface area contributed by atoms with Crippen molar-refractivity contribution in [2.75, 3.05) is 33.3 Å². The first kappa shape index (κ1) is 16.9. The van der Waals surface area contributed by atoms with Crippen molar-refractivity contribution >= 4 is 5.91 Å². The van der Waals surface area contributed by atoms with Gasteiger partial charge in [0, 0.05) is 39.1 Å². The normalized spacial score (nSPS) is 29.2. The van der Waals surface area contributed by atoms with Crippen molar-refractivity contribution in [3.8, 4) is 5.75 Å². The van der Waals surface area contributed by atoms with Gasteiger partial charge in [0.15, 0.2) is 0 Å². The van der Waals surface area contributed by atoms with Crippen LogP contribution in [0.2, 0.25) is 0 Å². The number of hydrogen-bond acceptors (Lipinski definition) is 3. The van der Waals surface area contributed by atoms with Crippen molar-refractivity contribution in [3.05, 3.63) is 29.8 Å². The van der Waals surface area contributed by atoms with Crippen molar-refractivity contribution in [2.45, 2.75) is 38.6 Å². The lowest BCUT2D eigenvalue weighted by Crippen LogP contribution is -2.48. The van der Waals surface area contributed by atoms with Crippen LogP contribution in [0.1, 0.15) is 37.7 Å². The summed E-state index contributed by atoms with van der Waals surface area (Å²) in [5.74, 6) is 3.78. The van der Waals surface area contributed by atoms with E-state index in [1.54, 1.807) is 7.11 Å². The van der Waals surface area contributed by atoms with Gasteiger partial charge in [0.25, 0.3) is 0 Å². The van der Waals surface area contributed by atoms with E-state index < -0.39 is 0 Å². The highest BCUT2D eigenvalue weighted by molar-refractivity contribution is 5.76. The standard InChI is InChI=1S/C21H30N2O2/c1-25-20-4-2-3-17(13-20)15-22-7-9-23(10-8-22)21(24)14-19-12-16-5-6-18(19)11-16/h2-4,13,16,18-19H,5-12,14-15H2,1H3. The van der Waals surface area contributed by atoms with E-state index in [1.807, 2.05) is 12.1 Å². The second kappa shape index (κ2) is 7.36. The molecule has 3 atom stereocenters. The third-order valence-electron chi connectivity index (χ3n) is 6.59. The number of nitrogens with zero attached hydrogens (tertiary/aromatic N) is 2. The molecule has 1 aromatic rings. The molecule has 2 bridgehead atoms. The molecule has 1 aliphatic heterocycles. The number of piperazine rings is 1. The molecule has 1 aromatic carbocycles. The quantitative estimate of drug-likeness (QED) is 0.824. The number of rotatable bonds is 5. The Morgan fingerprint density at radius 1 is 1.16 bits per heavy atom. The van der Waals surface area contributed by atoms with E-state index in [4.69, 9.17) is 4.74 Å². The van der Waals surface area contributed by atoms with Crippen LogP contribution in [0, 0.1) is 17.8 Å². The molecule has 136 valence electrons. The molecular formula is C21H30N2O2. The summed E-state index contributed by atoms with van der Waals surface area (Å²) < 4.78 is 5.31. The molecule has 25 heavy (non-hydrogen) atoms. The SMILES string of the molecule is COc1cccc(CN2CCN(C(=O)CC3CC4CCC3C4)CC2)c1. The van der Waals surface area contributed by atoms with Gasteiger partial charge in [0.1, 0.15) is 5.75 Å². The molecule has 0 aromatic heterocycles. The van der Waals surface area contributed by atoms with Gasteiger partial charge in [0.05, 0.1) is 7.11 Å². The fourth-order valence-electron chi connectivity index (χ4n) is 5.16. The molecule has 3 fully saturated rings. The maximum Gasteiger partial charge on any atom is 0.222 e. The number of fused-ring (bicyclic) bond motifs is 2. The molecule has 2 aliphatic carbocycles. The zero-order chi connectivity index (χ0) is 17.2. The molecule has 2 saturated carbocycles. The molecule has 3 unspecified atom stereocenters. The van der Waals surface area contributed by atoms with Gasteiger partial charge >= 0.3 is 0 Å². The number of amides is 1. The lowest BCUT2D eigenvalue weighted by atomic mass is 9.86. The number of methoxy groups -OCH3 is 1. The van der Waals surface area contributed by atoms with Gasteiger partial charge in [0.2, 0.25) is 5.91 Å². The maximum atomic E-state index is 12.7. The van der Waals surface area contributed by atoms with Crippen LogP contribution in [-0.2, 0) is 11.3 Å². The van der Waals surface area contributed by atoms with Crippen molar-refractivity contribution in [2.24, 2.45) is 17.8 Å². The predicted molar refractivity (Wildman–Crippen MR) is 98.4 cm³/mol. The summed E-state index contributed by atoms with van der Waals surface area (Å²) in [6, 6.07) is 8.28. The van der Waals surface area contributed by atoms with Crippen molar-refractivity contribution in [3.63, 3.8) is 0 Å². The second-order valence-electron chi connectivity index (χ2n) is 8.15. The Kier molecular flexibility index (Phi) is 4.98. The van der Waals surface area contributed by atoms with Crippen LogP contribution < -0.4 is 4.74 Å². The molecule has 3 aliphatic rings. The Hall–Kier alpha value is -1.55. The van der Waals surface area contributed by atoms with Gasteiger partial charge in [-0.25, -0.2) is 0 Å². The van der Waals surface area contributed by atoms with Gasteiger partial charge in [-0.3, -0.25) is 9.69 Å². The van der Waals surface area contributed by atoms with E-state index in [2.05, 4.69) is 21.9 Å². The number of carbonyl (C=O) groups excluding carboxylic acids is 1. The first-order valence-electron chi connectivity index (χ1n) is 9.84. The summed E-state index contributed by atoms with van der Waals surface area (Å²) >= 11 is 0. The minimum Gasteiger partial charge on any atom is -0.497 e. The molecule has 1 saturated heterocycles. The smallest absolute Gasteiger partial charge is 0.222 e. The summed E-state index contributed by atoms with van der Waals surface area (Å²) in [4.78, 5) is 17.2. The summed E-state index contributed by atoms with van der Waals surface area (Å²) in [7, 11) is 1.71. The van der Waals surface area contributed by atoms with Crippen LogP contribution in [0.3, 0.4) is 0 Å². The number of hydrogen-bond donors (Lipinski definition) is 0. The van der Waals surface area contributed by atoms with Gasteiger partial charge in [-0.2, -0.15) is 0 Å². The highest BCUT2D eigenvalue weighted by Gasteiger charge is 2.40. The number of benzene rings is 1. The summed E-state index contributed by atoms with van der Waals surface area (Å²) in [5.41, 5.74) is 1.28. The zero-order valence-corrected chi connectivity index (χ0v) is 15.3. The van der Waals surface area contributed by atoms with Crippen LogP contribution in [0.25, 0.3) is 0 Å². The minimum atomic E-state index is 0.401. The highest BCUT2D eigenvalue weighted by Crippen LogP contribution is 2.49. The minimum absolute atomic E-state index is 0.401. The fraction of sp³-hybridized carbons (Fsp3) is 0.667. The summed E-state index contributed by atoms with van der Waals surface area (Å²) in [6.07, 6.45) is 6.30.